The fraction of sp³-hybridized carbons (Fsp3) is 0.533. The Morgan fingerprint density at radius 1 is 1.30 bits per heavy atom. The normalized spacial score (nSPS) is 14.6. The van der Waals surface area contributed by atoms with Gasteiger partial charge >= 0.3 is 0 Å². The number of rotatable bonds is 5. The van der Waals surface area contributed by atoms with Gasteiger partial charge in [-0.05, 0) is 39.2 Å². The van der Waals surface area contributed by atoms with Gasteiger partial charge in [-0.25, -0.2) is 14.6 Å². The standard InChI is InChI=1S/C15H21N5/c1-4-8-16-13-11(3)15(20-9-7-10(2)19-20)18-14(17-13)12-5-6-12/h7,9,12H,4-6,8H2,1-3H3,(H,16,17,18). The third-order valence-corrected chi connectivity index (χ3v) is 3.56. The van der Waals surface area contributed by atoms with Gasteiger partial charge in [0.1, 0.15) is 11.6 Å². The van der Waals surface area contributed by atoms with Crippen LogP contribution in [-0.4, -0.2) is 26.3 Å². The van der Waals surface area contributed by atoms with Gasteiger partial charge in [0.05, 0.1) is 5.69 Å². The summed E-state index contributed by atoms with van der Waals surface area (Å²) in [5, 5.41) is 7.89. The van der Waals surface area contributed by atoms with Crippen molar-refractivity contribution in [2.75, 3.05) is 11.9 Å². The van der Waals surface area contributed by atoms with Gasteiger partial charge in [-0.15, -0.1) is 0 Å². The van der Waals surface area contributed by atoms with E-state index in [-0.39, 0.29) is 0 Å². The number of nitrogens with one attached hydrogen (secondary N) is 1. The topological polar surface area (TPSA) is 55.6 Å². The van der Waals surface area contributed by atoms with E-state index in [0.717, 1.165) is 41.7 Å². The Labute approximate surface area is 119 Å². The Kier molecular flexibility index (Phi) is 3.42. The van der Waals surface area contributed by atoms with E-state index >= 15 is 0 Å². The van der Waals surface area contributed by atoms with Crippen molar-refractivity contribution in [1.29, 1.82) is 0 Å². The minimum absolute atomic E-state index is 0.535. The highest BCUT2D eigenvalue weighted by atomic mass is 15.3. The van der Waals surface area contributed by atoms with Crippen LogP contribution in [0.25, 0.3) is 5.82 Å². The molecule has 0 bridgehead atoms. The van der Waals surface area contributed by atoms with Crippen LogP contribution in [0, 0.1) is 13.8 Å². The van der Waals surface area contributed by atoms with Gasteiger partial charge in [-0.2, -0.15) is 5.10 Å². The number of aromatic nitrogens is 4. The Morgan fingerprint density at radius 2 is 2.10 bits per heavy atom. The van der Waals surface area contributed by atoms with Crippen molar-refractivity contribution >= 4 is 5.82 Å². The van der Waals surface area contributed by atoms with E-state index in [1.807, 2.05) is 23.9 Å². The maximum atomic E-state index is 4.74. The summed E-state index contributed by atoms with van der Waals surface area (Å²) >= 11 is 0. The van der Waals surface area contributed by atoms with Crippen LogP contribution in [0.4, 0.5) is 5.82 Å². The van der Waals surface area contributed by atoms with Crippen LogP contribution in [0.2, 0.25) is 0 Å². The SMILES string of the molecule is CCCNc1nc(C2CC2)nc(-n2ccc(C)n2)c1C. The average Bonchev–Trinajstić information content (AvgIpc) is 3.20. The molecule has 0 atom stereocenters. The van der Waals surface area contributed by atoms with Gasteiger partial charge in [0.2, 0.25) is 0 Å². The molecule has 5 nitrogen and oxygen atoms in total. The highest BCUT2D eigenvalue weighted by Gasteiger charge is 2.28. The Balaban J connectivity index is 2.04. The molecule has 3 rings (SSSR count). The van der Waals surface area contributed by atoms with Crippen molar-refractivity contribution < 1.29 is 0 Å². The van der Waals surface area contributed by atoms with Crippen LogP contribution < -0.4 is 5.32 Å². The second kappa shape index (κ2) is 5.23. The fourth-order valence-electron chi connectivity index (χ4n) is 2.22. The third-order valence-electron chi connectivity index (χ3n) is 3.56. The predicted molar refractivity (Wildman–Crippen MR) is 79.4 cm³/mol. The van der Waals surface area contributed by atoms with Crippen LogP contribution >= 0.6 is 0 Å². The average molecular weight is 271 g/mol. The van der Waals surface area contributed by atoms with Gasteiger partial charge < -0.3 is 5.32 Å². The van der Waals surface area contributed by atoms with Crippen molar-refractivity contribution in [2.45, 2.75) is 46.0 Å². The predicted octanol–water partition coefficient (Wildman–Crippen LogP) is 2.98. The van der Waals surface area contributed by atoms with Crippen molar-refractivity contribution in [3.63, 3.8) is 0 Å². The Hall–Kier alpha value is -1.91. The molecule has 5 heteroatoms. The van der Waals surface area contributed by atoms with Crippen LogP contribution in [0.15, 0.2) is 12.3 Å². The Morgan fingerprint density at radius 3 is 2.70 bits per heavy atom. The molecule has 0 aromatic carbocycles. The molecule has 2 aromatic rings. The summed E-state index contributed by atoms with van der Waals surface area (Å²) in [6, 6.07) is 2.00. The minimum Gasteiger partial charge on any atom is -0.370 e. The highest BCUT2D eigenvalue weighted by Crippen LogP contribution is 2.39. The molecule has 106 valence electrons. The number of anilines is 1. The van der Waals surface area contributed by atoms with Gasteiger partial charge in [-0.1, -0.05) is 6.92 Å². The van der Waals surface area contributed by atoms with Crippen molar-refractivity contribution in [2.24, 2.45) is 0 Å². The first-order valence-corrected chi connectivity index (χ1v) is 7.34. The second-order valence-electron chi connectivity index (χ2n) is 5.48. The minimum atomic E-state index is 0.535. The molecular formula is C15H21N5. The lowest BCUT2D eigenvalue weighted by molar-refractivity contribution is 0.789. The first kappa shape index (κ1) is 13.1. The van der Waals surface area contributed by atoms with Crippen LogP contribution in [-0.2, 0) is 0 Å². The highest BCUT2D eigenvalue weighted by molar-refractivity contribution is 5.52. The molecule has 2 aromatic heterocycles. The largest absolute Gasteiger partial charge is 0.370 e. The van der Waals surface area contributed by atoms with E-state index in [4.69, 9.17) is 9.97 Å². The number of aryl methyl sites for hydroxylation is 1. The molecule has 0 amide bonds. The summed E-state index contributed by atoms with van der Waals surface area (Å²) in [6.07, 6.45) is 5.45. The van der Waals surface area contributed by atoms with Crippen LogP contribution in [0.1, 0.15) is 49.2 Å². The van der Waals surface area contributed by atoms with Gasteiger partial charge in [0, 0.05) is 24.2 Å². The summed E-state index contributed by atoms with van der Waals surface area (Å²) in [5.74, 6) is 3.34. The van der Waals surface area contributed by atoms with E-state index < -0.39 is 0 Å². The number of hydrogen-bond acceptors (Lipinski definition) is 4. The fourth-order valence-corrected chi connectivity index (χ4v) is 2.22. The maximum absolute atomic E-state index is 4.74. The van der Waals surface area contributed by atoms with E-state index in [9.17, 15) is 0 Å². The third kappa shape index (κ3) is 2.53. The summed E-state index contributed by atoms with van der Waals surface area (Å²) < 4.78 is 1.86. The smallest absolute Gasteiger partial charge is 0.162 e. The van der Waals surface area contributed by atoms with E-state index in [1.165, 1.54) is 12.8 Å². The molecule has 1 N–H and O–H groups in total. The number of hydrogen-bond donors (Lipinski definition) is 1. The molecule has 1 saturated carbocycles. The summed E-state index contributed by atoms with van der Waals surface area (Å²) in [5.41, 5.74) is 2.06. The molecule has 0 unspecified atom stereocenters. The lowest BCUT2D eigenvalue weighted by atomic mass is 10.2. The molecule has 0 aliphatic heterocycles. The Bertz CT molecular complexity index is 613. The zero-order valence-electron chi connectivity index (χ0n) is 12.3. The zero-order valence-corrected chi connectivity index (χ0v) is 12.3. The maximum Gasteiger partial charge on any atom is 0.162 e. The van der Waals surface area contributed by atoms with Crippen molar-refractivity contribution in [3.05, 3.63) is 29.3 Å². The molecule has 0 spiro atoms. The first-order valence-electron chi connectivity index (χ1n) is 7.34. The molecule has 1 aliphatic rings. The lowest BCUT2D eigenvalue weighted by Crippen LogP contribution is -2.12. The van der Waals surface area contributed by atoms with Crippen molar-refractivity contribution in [1.82, 2.24) is 19.7 Å². The van der Waals surface area contributed by atoms with Gasteiger partial charge in [-0.3, -0.25) is 0 Å². The molecule has 0 saturated heterocycles. The van der Waals surface area contributed by atoms with E-state index in [0.29, 0.717) is 5.92 Å². The van der Waals surface area contributed by atoms with Crippen molar-refractivity contribution in [3.8, 4) is 5.82 Å². The molecule has 0 radical (unpaired) electrons. The molecular weight excluding hydrogens is 250 g/mol. The second-order valence-corrected chi connectivity index (χ2v) is 5.48. The van der Waals surface area contributed by atoms with Gasteiger partial charge in [0.25, 0.3) is 0 Å². The first-order chi connectivity index (χ1) is 9.69. The monoisotopic (exact) mass is 271 g/mol. The van der Waals surface area contributed by atoms with E-state index in [1.54, 1.807) is 0 Å². The zero-order chi connectivity index (χ0) is 14.1. The lowest BCUT2D eigenvalue weighted by Gasteiger charge is -2.13. The molecule has 20 heavy (non-hydrogen) atoms. The molecule has 1 fully saturated rings. The van der Waals surface area contributed by atoms with Crippen LogP contribution in [0.5, 0.6) is 0 Å². The molecule has 1 aliphatic carbocycles. The quantitative estimate of drug-likeness (QED) is 0.908. The summed E-state index contributed by atoms with van der Waals surface area (Å²) in [6.45, 7) is 7.13. The molecule has 2 heterocycles. The van der Waals surface area contributed by atoms with E-state index in [2.05, 4.69) is 24.3 Å². The summed E-state index contributed by atoms with van der Waals surface area (Å²) in [4.78, 5) is 9.44. The number of nitrogens with zero attached hydrogens (tertiary/aromatic N) is 4. The van der Waals surface area contributed by atoms with Crippen LogP contribution in [0.3, 0.4) is 0 Å². The van der Waals surface area contributed by atoms with Gasteiger partial charge in [0.15, 0.2) is 5.82 Å². The summed E-state index contributed by atoms with van der Waals surface area (Å²) in [7, 11) is 0.